The number of rotatable bonds is 6. The number of hydrogen-bond donors (Lipinski definition) is 2. The number of anilines is 1. The van der Waals surface area contributed by atoms with Crippen molar-refractivity contribution >= 4 is 11.6 Å². The molecule has 0 aliphatic heterocycles. The lowest BCUT2D eigenvalue weighted by Crippen LogP contribution is -2.14. The number of nitrogens with one attached hydrogen (secondary N) is 2. The van der Waals surface area contributed by atoms with E-state index in [4.69, 9.17) is 4.74 Å². The van der Waals surface area contributed by atoms with Gasteiger partial charge in [-0.05, 0) is 29.8 Å². The smallest absolute Gasteiger partial charge is 0.228 e. The van der Waals surface area contributed by atoms with Crippen LogP contribution in [0, 0.1) is 11.6 Å². The first-order chi connectivity index (χ1) is 12.1. The highest BCUT2D eigenvalue weighted by molar-refractivity contribution is 5.92. The molecule has 7 nitrogen and oxygen atoms in total. The Morgan fingerprint density at radius 3 is 2.80 bits per heavy atom. The molecule has 1 aromatic heterocycles. The lowest BCUT2D eigenvalue weighted by atomic mass is 10.1. The number of carbonyl (C=O) groups excluding carboxylic acids is 1. The molecule has 128 valence electrons. The van der Waals surface area contributed by atoms with Gasteiger partial charge in [0.05, 0.1) is 6.42 Å². The first-order valence-corrected chi connectivity index (χ1v) is 7.29. The van der Waals surface area contributed by atoms with Gasteiger partial charge in [0.25, 0.3) is 0 Å². The Morgan fingerprint density at radius 1 is 1.16 bits per heavy atom. The van der Waals surface area contributed by atoms with Crippen molar-refractivity contribution < 1.29 is 18.3 Å². The average Bonchev–Trinajstić information content (AvgIpc) is 3.10. The minimum Gasteiger partial charge on any atom is -0.485 e. The molecule has 0 bridgehead atoms. The van der Waals surface area contributed by atoms with Crippen molar-refractivity contribution in [1.29, 1.82) is 0 Å². The van der Waals surface area contributed by atoms with Crippen molar-refractivity contribution in [2.75, 3.05) is 5.32 Å². The molecule has 2 N–H and O–H groups in total. The highest BCUT2D eigenvalue weighted by Gasteiger charge is 2.08. The molecular weight excluding hydrogens is 332 g/mol. The Bertz CT molecular complexity index is 871. The van der Waals surface area contributed by atoms with E-state index >= 15 is 0 Å². The highest BCUT2D eigenvalue weighted by atomic mass is 19.2. The predicted octanol–water partition coefficient (Wildman–Crippen LogP) is 2.24. The van der Waals surface area contributed by atoms with E-state index in [1.165, 1.54) is 6.07 Å². The van der Waals surface area contributed by atoms with E-state index in [1.54, 1.807) is 24.3 Å². The van der Waals surface area contributed by atoms with E-state index in [1.807, 2.05) is 0 Å². The molecule has 0 fully saturated rings. The normalized spacial score (nSPS) is 10.5. The van der Waals surface area contributed by atoms with E-state index in [-0.39, 0.29) is 18.9 Å². The number of aromatic nitrogens is 4. The summed E-state index contributed by atoms with van der Waals surface area (Å²) in [7, 11) is 0. The summed E-state index contributed by atoms with van der Waals surface area (Å²) in [6.07, 6.45) is -0.0782. The predicted molar refractivity (Wildman–Crippen MR) is 83.6 cm³/mol. The maximum atomic E-state index is 13.2. The van der Waals surface area contributed by atoms with Crippen LogP contribution in [0.2, 0.25) is 0 Å². The summed E-state index contributed by atoms with van der Waals surface area (Å²) in [6.45, 7) is 0.128. The third-order valence-corrected chi connectivity index (χ3v) is 3.22. The van der Waals surface area contributed by atoms with Gasteiger partial charge in [-0.15, -0.1) is 10.2 Å². The van der Waals surface area contributed by atoms with Crippen molar-refractivity contribution in [2.24, 2.45) is 0 Å². The minimum atomic E-state index is -0.984. The fourth-order valence-corrected chi connectivity index (χ4v) is 2.10. The molecule has 0 aliphatic carbocycles. The molecule has 9 heteroatoms. The molecule has 0 spiro atoms. The summed E-state index contributed by atoms with van der Waals surface area (Å²) >= 11 is 0. The average molecular weight is 345 g/mol. The number of nitrogens with zero attached hydrogens (tertiary/aromatic N) is 3. The Labute approximate surface area is 141 Å². The van der Waals surface area contributed by atoms with Gasteiger partial charge in [0.2, 0.25) is 11.7 Å². The van der Waals surface area contributed by atoms with Crippen LogP contribution in [0.15, 0.2) is 42.5 Å². The van der Waals surface area contributed by atoms with Gasteiger partial charge in [-0.3, -0.25) is 4.79 Å². The largest absolute Gasteiger partial charge is 0.485 e. The van der Waals surface area contributed by atoms with Gasteiger partial charge in [0.1, 0.15) is 5.75 Å². The van der Waals surface area contributed by atoms with Crippen LogP contribution in [0.5, 0.6) is 5.75 Å². The summed E-state index contributed by atoms with van der Waals surface area (Å²) in [4.78, 5) is 12.0. The second-order valence-electron chi connectivity index (χ2n) is 5.12. The van der Waals surface area contributed by atoms with E-state index in [0.717, 1.165) is 12.1 Å². The minimum absolute atomic E-state index is 0.0782. The van der Waals surface area contributed by atoms with Gasteiger partial charge < -0.3 is 10.1 Å². The second-order valence-corrected chi connectivity index (χ2v) is 5.12. The molecule has 0 unspecified atom stereocenters. The number of aromatic amines is 1. The molecule has 3 rings (SSSR count). The Hall–Kier alpha value is -3.36. The van der Waals surface area contributed by atoms with Crippen LogP contribution in [0.4, 0.5) is 14.5 Å². The fourth-order valence-electron chi connectivity index (χ4n) is 2.10. The molecule has 0 atom stereocenters. The standard InChI is InChI=1S/C16H13F2N5O2/c17-13-5-4-10(6-14(13)18)7-16(24)19-11-2-1-3-12(8-11)25-9-15-20-22-23-21-15/h1-6,8H,7,9H2,(H,19,24)(H,20,21,22,23). The van der Waals surface area contributed by atoms with Crippen LogP contribution in [0.1, 0.15) is 11.4 Å². The summed E-state index contributed by atoms with van der Waals surface area (Å²) < 4.78 is 31.6. The molecule has 3 aromatic rings. The highest BCUT2D eigenvalue weighted by Crippen LogP contribution is 2.18. The fraction of sp³-hybridized carbons (Fsp3) is 0.125. The molecule has 1 amide bonds. The van der Waals surface area contributed by atoms with Crippen LogP contribution in [0.3, 0.4) is 0 Å². The number of carbonyl (C=O) groups is 1. The zero-order valence-electron chi connectivity index (χ0n) is 12.9. The zero-order valence-corrected chi connectivity index (χ0v) is 12.9. The van der Waals surface area contributed by atoms with E-state index < -0.39 is 11.6 Å². The molecule has 0 radical (unpaired) electrons. The first kappa shape index (κ1) is 16.5. The summed E-state index contributed by atoms with van der Waals surface area (Å²) in [5, 5.41) is 15.9. The van der Waals surface area contributed by atoms with Crippen LogP contribution in [0.25, 0.3) is 0 Å². The van der Waals surface area contributed by atoms with E-state index in [0.29, 0.717) is 22.8 Å². The maximum absolute atomic E-state index is 13.2. The maximum Gasteiger partial charge on any atom is 0.228 e. The Morgan fingerprint density at radius 2 is 2.04 bits per heavy atom. The van der Waals surface area contributed by atoms with E-state index in [9.17, 15) is 13.6 Å². The van der Waals surface area contributed by atoms with Crippen molar-refractivity contribution in [3.05, 3.63) is 65.5 Å². The Balaban J connectivity index is 1.59. The van der Waals surface area contributed by atoms with Gasteiger partial charge in [-0.1, -0.05) is 17.3 Å². The number of amides is 1. The molecule has 0 saturated heterocycles. The number of H-pyrrole nitrogens is 1. The zero-order chi connectivity index (χ0) is 17.6. The topological polar surface area (TPSA) is 92.8 Å². The number of tetrazole rings is 1. The number of hydrogen-bond acceptors (Lipinski definition) is 5. The van der Waals surface area contributed by atoms with Crippen LogP contribution < -0.4 is 10.1 Å². The number of benzene rings is 2. The molecule has 2 aromatic carbocycles. The molecule has 0 saturated carbocycles. The quantitative estimate of drug-likeness (QED) is 0.715. The molecule has 1 heterocycles. The van der Waals surface area contributed by atoms with Gasteiger partial charge in [0, 0.05) is 11.8 Å². The molecule has 0 aliphatic rings. The van der Waals surface area contributed by atoms with E-state index in [2.05, 4.69) is 25.9 Å². The Kier molecular flexibility index (Phi) is 4.93. The van der Waals surface area contributed by atoms with Crippen LogP contribution >= 0.6 is 0 Å². The SMILES string of the molecule is O=C(Cc1ccc(F)c(F)c1)Nc1cccc(OCc2nn[nH]n2)c1. The molecule has 25 heavy (non-hydrogen) atoms. The van der Waals surface area contributed by atoms with Crippen LogP contribution in [-0.4, -0.2) is 26.5 Å². The third-order valence-electron chi connectivity index (χ3n) is 3.22. The third kappa shape index (κ3) is 4.56. The number of ether oxygens (including phenoxy) is 1. The molecular formula is C16H13F2N5O2. The van der Waals surface area contributed by atoms with Gasteiger partial charge in [-0.2, -0.15) is 5.21 Å². The lowest BCUT2D eigenvalue weighted by Gasteiger charge is -2.08. The summed E-state index contributed by atoms with van der Waals surface area (Å²) in [5.41, 5.74) is 0.888. The monoisotopic (exact) mass is 345 g/mol. The summed E-state index contributed by atoms with van der Waals surface area (Å²) in [6, 6.07) is 10.1. The summed E-state index contributed by atoms with van der Waals surface area (Å²) in [5.74, 6) is -1.39. The van der Waals surface area contributed by atoms with Crippen molar-refractivity contribution in [3.8, 4) is 5.75 Å². The van der Waals surface area contributed by atoms with Crippen LogP contribution in [-0.2, 0) is 17.8 Å². The lowest BCUT2D eigenvalue weighted by molar-refractivity contribution is -0.115. The second kappa shape index (κ2) is 7.47. The van der Waals surface area contributed by atoms with Crippen molar-refractivity contribution in [1.82, 2.24) is 20.6 Å². The van der Waals surface area contributed by atoms with Crippen molar-refractivity contribution in [3.63, 3.8) is 0 Å². The number of halogens is 2. The van der Waals surface area contributed by atoms with Crippen molar-refractivity contribution in [2.45, 2.75) is 13.0 Å². The first-order valence-electron chi connectivity index (χ1n) is 7.29. The van der Waals surface area contributed by atoms with Gasteiger partial charge in [-0.25, -0.2) is 8.78 Å². The van der Waals surface area contributed by atoms with Gasteiger partial charge in [0.15, 0.2) is 18.2 Å². The van der Waals surface area contributed by atoms with Gasteiger partial charge >= 0.3 is 0 Å².